The molecule has 3 heteroatoms. The maximum Gasteiger partial charge on any atom is 0.133 e. The topological polar surface area (TPSA) is 37.3 Å². The summed E-state index contributed by atoms with van der Waals surface area (Å²) in [5, 5.41) is 10.4. The third-order valence-corrected chi connectivity index (χ3v) is 7.68. The molecular weight excluding hydrogens is 267 g/mol. The molecule has 118 valence electrons. The zero-order chi connectivity index (χ0) is 14.8. The van der Waals surface area contributed by atoms with Crippen molar-refractivity contribution in [3.05, 3.63) is 0 Å². The fourth-order valence-electron chi connectivity index (χ4n) is 6.59. The first-order valence-electron chi connectivity index (χ1n) is 8.84. The van der Waals surface area contributed by atoms with Crippen LogP contribution in [0.3, 0.4) is 0 Å². The molecule has 4 aliphatic carbocycles. The molecule has 0 unspecified atom stereocenters. The van der Waals surface area contributed by atoms with Crippen LogP contribution < -0.4 is 0 Å². The van der Waals surface area contributed by atoms with Crippen molar-refractivity contribution in [1.29, 1.82) is 0 Å². The number of aliphatic hydroxyl groups is 1. The first kappa shape index (κ1) is 14.2. The van der Waals surface area contributed by atoms with Gasteiger partial charge in [0.25, 0.3) is 0 Å². The Hall–Kier alpha value is -0.440. The van der Waals surface area contributed by atoms with Crippen molar-refractivity contribution in [3.63, 3.8) is 0 Å². The molecule has 4 aliphatic rings. The Morgan fingerprint density at radius 3 is 2.81 bits per heavy atom. The number of alkyl halides is 1. The number of aliphatic hydroxyl groups excluding tert-OH is 1. The van der Waals surface area contributed by atoms with Crippen LogP contribution in [0.25, 0.3) is 0 Å². The van der Waals surface area contributed by atoms with E-state index in [1.54, 1.807) is 0 Å². The predicted octanol–water partition coefficient (Wildman–Crippen LogP) is 3.52. The van der Waals surface area contributed by atoms with E-state index in [0.717, 1.165) is 32.1 Å². The third kappa shape index (κ3) is 1.95. The van der Waals surface area contributed by atoms with Crippen LogP contribution in [0, 0.1) is 35.0 Å². The molecule has 0 aromatic carbocycles. The van der Waals surface area contributed by atoms with Crippen molar-refractivity contribution < 1.29 is 14.3 Å². The molecule has 2 nitrogen and oxygen atoms in total. The Kier molecular flexibility index (Phi) is 3.22. The van der Waals surface area contributed by atoms with E-state index >= 15 is 0 Å². The molecule has 1 N–H and O–H groups in total. The van der Waals surface area contributed by atoms with Crippen molar-refractivity contribution in [2.75, 3.05) is 0 Å². The van der Waals surface area contributed by atoms with Crippen LogP contribution in [0.2, 0.25) is 0 Å². The highest BCUT2D eigenvalue weighted by molar-refractivity contribution is 5.79. The quantitative estimate of drug-likeness (QED) is 0.742. The molecule has 8 atom stereocenters. The monoisotopic (exact) mass is 294 g/mol. The minimum atomic E-state index is -0.753. The molecule has 0 aromatic rings. The molecule has 0 aromatic heterocycles. The summed E-state index contributed by atoms with van der Waals surface area (Å²) in [6.45, 7) is 2.19. The lowest BCUT2D eigenvalue weighted by atomic mass is 9.50. The number of carbonyl (C=O) groups excluding carboxylic acids is 1. The highest BCUT2D eigenvalue weighted by Crippen LogP contribution is 2.62. The molecule has 0 radical (unpaired) electrons. The molecule has 4 rings (SSSR count). The van der Waals surface area contributed by atoms with Gasteiger partial charge in [-0.05, 0) is 73.5 Å². The summed E-state index contributed by atoms with van der Waals surface area (Å²) >= 11 is 0. The summed E-state index contributed by atoms with van der Waals surface area (Å²) in [6.07, 6.45) is 5.89. The number of Topliss-reactive ketones (excluding diaryl/α,β-unsaturated/α-hetero) is 1. The number of fused-ring (bicyclic) bond motifs is 5. The van der Waals surface area contributed by atoms with E-state index in [2.05, 4.69) is 6.92 Å². The van der Waals surface area contributed by atoms with Gasteiger partial charge in [-0.2, -0.15) is 0 Å². The van der Waals surface area contributed by atoms with Gasteiger partial charge in [-0.25, -0.2) is 4.39 Å². The van der Waals surface area contributed by atoms with E-state index in [9.17, 15) is 14.3 Å². The Balaban J connectivity index is 1.63. The van der Waals surface area contributed by atoms with Crippen molar-refractivity contribution in [1.82, 2.24) is 0 Å². The molecule has 4 fully saturated rings. The highest BCUT2D eigenvalue weighted by atomic mass is 19.1. The minimum absolute atomic E-state index is 0.0527. The lowest BCUT2D eigenvalue weighted by Crippen LogP contribution is -2.53. The van der Waals surface area contributed by atoms with Gasteiger partial charge in [-0.15, -0.1) is 0 Å². The first-order chi connectivity index (χ1) is 10.0. The van der Waals surface area contributed by atoms with Crippen molar-refractivity contribution in [2.45, 2.75) is 70.6 Å². The van der Waals surface area contributed by atoms with Gasteiger partial charge in [0.2, 0.25) is 0 Å². The Morgan fingerprint density at radius 1 is 1.19 bits per heavy atom. The molecule has 0 heterocycles. The molecule has 0 aliphatic heterocycles. The zero-order valence-electron chi connectivity index (χ0n) is 12.9. The number of hydrogen-bond donors (Lipinski definition) is 1. The summed E-state index contributed by atoms with van der Waals surface area (Å²) in [5.41, 5.74) is -0.0527. The number of halogens is 1. The molecular formula is C18H27FO2. The van der Waals surface area contributed by atoms with Gasteiger partial charge < -0.3 is 5.11 Å². The normalized spacial score (nSPS) is 56.5. The highest BCUT2D eigenvalue weighted by Gasteiger charge is 2.59. The van der Waals surface area contributed by atoms with Crippen LogP contribution >= 0.6 is 0 Å². The van der Waals surface area contributed by atoms with E-state index in [4.69, 9.17) is 0 Å². The Morgan fingerprint density at radius 2 is 2.00 bits per heavy atom. The zero-order valence-corrected chi connectivity index (χ0v) is 12.9. The van der Waals surface area contributed by atoms with Crippen LogP contribution in [0.4, 0.5) is 4.39 Å². The van der Waals surface area contributed by atoms with Crippen molar-refractivity contribution >= 4 is 5.78 Å². The Labute approximate surface area is 126 Å². The SMILES string of the molecule is C[C@]12CC[C@@H]3[C@H]4CCC(=O)C[C@@H]4C[C@@H](F)[C@H]3[C@@H]1CC[C@@H]2O. The molecule has 0 amide bonds. The van der Waals surface area contributed by atoms with Crippen LogP contribution in [0.5, 0.6) is 0 Å². The van der Waals surface area contributed by atoms with Gasteiger partial charge >= 0.3 is 0 Å². The summed E-state index contributed by atoms with van der Waals surface area (Å²) in [4.78, 5) is 11.7. The van der Waals surface area contributed by atoms with Crippen molar-refractivity contribution in [3.8, 4) is 0 Å². The van der Waals surface area contributed by atoms with Gasteiger partial charge in [0.15, 0.2) is 0 Å². The number of carbonyl (C=O) groups is 1. The van der Waals surface area contributed by atoms with E-state index in [1.807, 2.05) is 0 Å². The minimum Gasteiger partial charge on any atom is -0.393 e. The predicted molar refractivity (Wildman–Crippen MR) is 78.4 cm³/mol. The van der Waals surface area contributed by atoms with E-state index in [1.165, 1.54) is 0 Å². The molecule has 21 heavy (non-hydrogen) atoms. The maximum absolute atomic E-state index is 15.0. The molecule has 0 spiro atoms. The van der Waals surface area contributed by atoms with Gasteiger partial charge in [0, 0.05) is 12.8 Å². The first-order valence-corrected chi connectivity index (χ1v) is 8.84. The van der Waals surface area contributed by atoms with Gasteiger partial charge in [-0.1, -0.05) is 6.92 Å². The number of rotatable bonds is 0. The van der Waals surface area contributed by atoms with Crippen LogP contribution in [0.1, 0.15) is 58.3 Å². The van der Waals surface area contributed by atoms with E-state index < -0.39 is 6.17 Å². The molecule has 0 saturated heterocycles. The second kappa shape index (κ2) is 4.78. The summed E-state index contributed by atoms with van der Waals surface area (Å²) in [6, 6.07) is 0. The Bertz CT molecular complexity index is 450. The number of ketones is 1. The summed E-state index contributed by atoms with van der Waals surface area (Å²) in [5.74, 6) is 2.20. The smallest absolute Gasteiger partial charge is 0.133 e. The van der Waals surface area contributed by atoms with Gasteiger partial charge in [0.05, 0.1) is 6.10 Å². The second-order valence-electron chi connectivity index (χ2n) is 8.44. The third-order valence-electron chi connectivity index (χ3n) is 7.68. The maximum atomic E-state index is 15.0. The largest absolute Gasteiger partial charge is 0.393 e. The average Bonchev–Trinajstić information content (AvgIpc) is 2.74. The lowest BCUT2D eigenvalue weighted by Gasteiger charge is -2.56. The molecule has 0 bridgehead atoms. The standard InChI is InChI=1S/C18H27FO2/c1-18-7-6-13-12-3-2-11(20)8-10(12)9-15(19)17(13)14(18)4-5-16(18)21/h10,12-17,21H,2-9H2,1H3/t10-,12+,13-,14+,15-,16+,17-,18+/m1/s1. The fraction of sp³-hybridized carbons (Fsp3) is 0.944. The van der Waals surface area contributed by atoms with Crippen molar-refractivity contribution in [2.24, 2.45) is 35.0 Å². The second-order valence-corrected chi connectivity index (χ2v) is 8.44. The summed E-state index contributed by atoms with van der Waals surface area (Å²) < 4.78 is 15.0. The van der Waals surface area contributed by atoms with E-state index in [-0.39, 0.29) is 17.4 Å². The summed E-state index contributed by atoms with van der Waals surface area (Å²) in [7, 11) is 0. The fourth-order valence-corrected chi connectivity index (χ4v) is 6.59. The van der Waals surface area contributed by atoms with Gasteiger partial charge in [0.1, 0.15) is 12.0 Å². The van der Waals surface area contributed by atoms with E-state index in [0.29, 0.717) is 48.7 Å². The van der Waals surface area contributed by atoms with Gasteiger partial charge in [-0.3, -0.25) is 4.79 Å². The average molecular weight is 294 g/mol. The number of hydrogen-bond acceptors (Lipinski definition) is 2. The van der Waals surface area contributed by atoms with Crippen LogP contribution in [-0.4, -0.2) is 23.2 Å². The lowest BCUT2D eigenvalue weighted by molar-refractivity contribution is -0.135. The van der Waals surface area contributed by atoms with Crippen LogP contribution in [-0.2, 0) is 4.79 Å². The molecule has 4 saturated carbocycles. The van der Waals surface area contributed by atoms with Crippen LogP contribution in [0.15, 0.2) is 0 Å².